The molecule has 104 valence electrons. The van der Waals surface area contributed by atoms with Crippen LogP contribution in [-0.2, 0) is 0 Å². The number of aromatic nitrogens is 1. The molecule has 1 aromatic carbocycles. The highest BCUT2D eigenvalue weighted by Gasteiger charge is 2.18. The molecular formula is C15H17N3O2. The molecule has 0 spiro atoms. The average Bonchev–Trinajstić information content (AvgIpc) is 2.94. The van der Waals surface area contributed by atoms with Crippen LogP contribution in [-0.4, -0.2) is 30.9 Å². The Morgan fingerprint density at radius 2 is 1.95 bits per heavy atom. The molecule has 0 atom stereocenters. The Morgan fingerprint density at radius 1 is 1.15 bits per heavy atom. The SMILES string of the molecule is c1cc2cc3c(cc2c(NC2CCNCC2)n1)OCO3. The molecule has 1 aromatic heterocycles. The first kappa shape index (κ1) is 11.8. The molecule has 0 amide bonds. The van der Waals surface area contributed by atoms with Crippen molar-refractivity contribution in [3.8, 4) is 11.5 Å². The minimum absolute atomic E-state index is 0.302. The molecule has 0 bridgehead atoms. The fraction of sp³-hybridized carbons (Fsp3) is 0.400. The molecule has 0 saturated carbocycles. The molecule has 2 aromatic rings. The molecule has 1 saturated heterocycles. The first-order valence-corrected chi connectivity index (χ1v) is 7.06. The third kappa shape index (κ3) is 2.04. The summed E-state index contributed by atoms with van der Waals surface area (Å²) in [5, 5.41) is 9.16. The molecule has 0 unspecified atom stereocenters. The van der Waals surface area contributed by atoms with E-state index in [-0.39, 0.29) is 0 Å². The molecule has 5 nitrogen and oxygen atoms in total. The quantitative estimate of drug-likeness (QED) is 0.876. The summed E-state index contributed by atoms with van der Waals surface area (Å²) < 4.78 is 10.9. The van der Waals surface area contributed by atoms with E-state index in [0.717, 1.165) is 54.0 Å². The summed E-state index contributed by atoms with van der Waals surface area (Å²) in [5.41, 5.74) is 0. The van der Waals surface area contributed by atoms with Crippen LogP contribution >= 0.6 is 0 Å². The van der Waals surface area contributed by atoms with Crippen LogP contribution in [0.5, 0.6) is 11.5 Å². The summed E-state index contributed by atoms with van der Waals surface area (Å²) in [4.78, 5) is 4.50. The maximum Gasteiger partial charge on any atom is 0.231 e. The van der Waals surface area contributed by atoms with Crippen molar-refractivity contribution in [2.45, 2.75) is 18.9 Å². The lowest BCUT2D eigenvalue weighted by Crippen LogP contribution is -2.35. The van der Waals surface area contributed by atoms with E-state index >= 15 is 0 Å². The van der Waals surface area contributed by atoms with Crippen molar-refractivity contribution in [2.75, 3.05) is 25.2 Å². The number of nitrogens with one attached hydrogen (secondary N) is 2. The van der Waals surface area contributed by atoms with Gasteiger partial charge in [0.1, 0.15) is 5.82 Å². The van der Waals surface area contributed by atoms with Gasteiger partial charge >= 0.3 is 0 Å². The summed E-state index contributed by atoms with van der Waals surface area (Å²) in [6.45, 7) is 2.43. The molecule has 0 radical (unpaired) electrons. The fourth-order valence-corrected chi connectivity index (χ4v) is 2.84. The molecule has 0 aliphatic carbocycles. The van der Waals surface area contributed by atoms with Crippen LogP contribution in [0.3, 0.4) is 0 Å². The van der Waals surface area contributed by atoms with Gasteiger partial charge in [-0.1, -0.05) is 0 Å². The lowest BCUT2D eigenvalue weighted by molar-refractivity contribution is 0.174. The number of hydrogen-bond acceptors (Lipinski definition) is 5. The van der Waals surface area contributed by atoms with Gasteiger partial charge in [-0.05, 0) is 49.5 Å². The Hall–Kier alpha value is -2.01. The maximum absolute atomic E-state index is 5.46. The summed E-state index contributed by atoms with van der Waals surface area (Å²) in [6, 6.07) is 6.53. The van der Waals surface area contributed by atoms with Crippen molar-refractivity contribution in [1.29, 1.82) is 0 Å². The number of anilines is 1. The summed E-state index contributed by atoms with van der Waals surface area (Å²) in [7, 11) is 0. The van der Waals surface area contributed by atoms with E-state index in [2.05, 4.69) is 15.6 Å². The lowest BCUT2D eigenvalue weighted by Gasteiger charge is -2.24. The van der Waals surface area contributed by atoms with E-state index in [0.29, 0.717) is 12.8 Å². The third-order valence-electron chi connectivity index (χ3n) is 3.94. The van der Waals surface area contributed by atoms with Crippen LogP contribution in [0, 0.1) is 0 Å². The second kappa shape index (κ2) is 4.83. The standard InChI is InChI=1S/C15H17N3O2/c1-6-17-15(18-11-2-4-16-5-3-11)12-8-14-13(7-10(1)12)19-9-20-14/h1,6-8,11,16H,2-5,9H2,(H,17,18). The third-order valence-corrected chi connectivity index (χ3v) is 3.94. The Bertz CT molecular complexity index is 638. The van der Waals surface area contributed by atoms with Crippen molar-refractivity contribution >= 4 is 16.6 Å². The van der Waals surface area contributed by atoms with Gasteiger partial charge in [-0.2, -0.15) is 0 Å². The van der Waals surface area contributed by atoms with Gasteiger partial charge in [0.2, 0.25) is 6.79 Å². The summed E-state index contributed by atoms with van der Waals surface area (Å²) in [6.07, 6.45) is 4.10. The van der Waals surface area contributed by atoms with Crippen LogP contribution in [0.2, 0.25) is 0 Å². The number of rotatable bonds is 2. The Kier molecular flexibility index (Phi) is 2.85. The molecule has 2 N–H and O–H groups in total. The van der Waals surface area contributed by atoms with Crippen molar-refractivity contribution in [1.82, 2.24) is 10.3 Å². The molecule has 4 rings (SSSR count). The Morgan fingerprint density at radius 3 is 2.80 bits per heavy atom. The zero-order valence-corrected chi connectivity index (χ0v) is 11.2. The normalized spacial score (nSPS) is 18.4. The van der Waals surface area contributed by atoms with Crippen molar-refractivity contribution in [3.05, 3.63) is 24.4 Å². The summed E-state index contributed by atoms with van der Waals surface area (Å²) >= 11 is 0. The zero-order chi connectivity index (χ0) is 13.4. The van der Waals surface area contributed by atoms with E-state index in [4.69, 9.17) is 9.47 Å². The second-order valence-electron chi connectivity index (χ2n) is 5.25. The van der Waals surface area contributed by atoms with Crippen molar-refractivity contribution < 1.29 is 9.47 Å². The molecule has 5 heteroatoms. The smallest absolute Gasteiger partial charge is 0.231 e. The van der Waals surface area contributed by atoms with Gasteiger partial charge in [0, 0.05) is 17.6 Å². The van der Waals surface area contributed by atoms with E-state index < -0.39 is 0 Å². The fourth-order valence-electron chi connectivity index (χ4n) is 2.84. The topological polar surface area (TPSA) is 55.4 Å². The zero-order valence-electron chi connectivity index (χ0n) is 11.2. The highest BCUT2D eigenvalue weighted by atomic mass is 16.7. The second-order valence-corrected chi connectivity index (χ2v) is 5.25. The van der Waals surface area contributed by atoms with E-state index in [1.54, 1.807) is 0 Å². The first-order valence-electron chi connectivity index (χ1n) is 7.06. The average molecular weight is 271 g/mol. The molecule has 3 heterocycles. The van der Waals surface area contributed by atoms with E-state index in [1.165, 1.54) is 0 Å². The summed E-state index contributed by atoms with van der Waals surface area (Å²) in [5.74, 6) is 2.56. The van der Waals surface area contributed by atoms with Crippen LogP contribution in [0.15, 0.2) is 24.4 Å². The van der Waals surface area contributed by atoms with Crippen LogP contribution in [0.4, 0.5) is 5.82 Å². The van der Waals surface area contributed by atoms with Gasteiger partial charge in [-0.3, -0.25) is 0 Å². The van der Waals surface area contributed by atoms with Crippen LogP contribution in [0.1, 0.15) is 12.8 Å². The van der Waals surface area contributed by atoms with Crippen LogP contribution in [0.25, 0.3) is 10.8 Å². The number of hydrogen-bond donors (Lipinski definition) is 2. The Balaban J connectivity index is 1.71. The first-order chi connectivity index (χ1) is 9.90. The largest absolute Gasteiger partial charge is 0.454 e. The lowest BCUT2D eigenvalue weighted by atomic mass is 10.1. The van der Waals surface area contributed by atoms with Crippen molar-refractivity contribution in [2.24, 2.45) is 0 Å². The number of pyridine rings is 1. The van der Waals surface area contributed by atoms with Gasteiger partial charge in [0.15, 0.2) is 11.5 Å². The van der Waals surface area contributed by atoms with Crippen LogP contribution < -0.4 is 20.1 Å². The molecule has 2 aliphatic rings. The van der Waals surface area contributed by atoms with E-state index in [9.17, 15) is 0 Å². The monoisotopic (exact) mass is 271 g/mol. The van der Waals surface area contributed by atoms with Gasteiger partial charge in [0.25, 0.3) is 0 Å². The minimum Gasteiger partial charge on any atom is -0.454 e. The number of benzene rings is 1. The molecular weight excluding hydrogens is 254 g/mol. The number of piperidine rings is 1. The van der Waals surface area contributed by atoms with Crippen molar-refractivity contribution in [3.63, 3.8) is 0 Å². The van der Waals surface area contributed by atoms with E-state index in [1.807, 2.05) is 24.4 Å². The predicted molar refractivity (Wildman–Crippen MR) is 77.4 cm³/mol. The number of ether oxygens (including phenoxy) is 2. The highest BCUT2D eigenvalue weighted by Crippen LogP contribution is 2.38. The minimum atomic E-state index is 0.302. The van der Waals surface area contributed by atoms with Gasteiger partial charge in [-0.25, -0.2) is 4.98 Å². The number of fused-ring (bicyclic) bond motifs is 2. The molecule has 1 fully saturated rings. The molecule has 20 heavy (non-hydrogen) atoms. The highest BCUT2D eigenvalue weighted by molar-refractivity contribution is 5.94. The molecule has 2 aliphatic heterocycles. The van der Waals surface area contributed by atoms with Gasteiger partial charge in [0.05, 0.1) is 0 Å². The van der Waals surface area contributed by atoms with Gasteiger partial charge in [-0.15, -0.1) is 0 Å². The number of nitrogens with zero attached hydrogens (tertiary/aromatic N) is 1. The predicted octanol–water partition coefficient (Wildman–Crippen LogP) is 2.13. The Labute approximate surface area is 117 Å². The van der Waals surface area contributed by atoms with Gasteiger partial charge < -0.3 is 20.1 Å². The maximum atomic E-state index is 5.46.